The minimum atomic E-state index is -1.07. The molecule has 6 heteroatoms. The van der Waals surface area contributed by atoms with Gasteiger partial charge in [-0.05, 0) is 46.5 Å². The van der Waals surface area contributed by atoms with Crippen molar-refractivity contribution < 1.29 is 19.4 Å². The lowest BCUT2D eigenvalue weighted by molar-refractivity contribution is -0.127. The van der Waals surface area contributed by atoms with Gasteiger partial charge in [0.25, 0.3) is 0 Å². The fourth-order valence-electron chi connectivity index (χ4n) is 3.79. The van der Waals surface area contributed by atoms with Gasteiger partial charge >= 0.3 is 0 Å². The number of hydrogen-bond acceptors (Lipinski definition) is 4. The zero-order valence-electron chi connectivity index (χ0n) is 16.5. The highest BCUT2D eigenvalue weighted by Crippen LogP contribution is 2.44. The third-order valence-electron chi connectivity index (χ3n) is 5.27. The molecular formula is C24H22N2O4. The zero-order valence-corrected chi connectivity index (χ0v) is 16.5. The van der Waals surface area contributed by atoms with Gasteiger partial charge in [-0.15, -0.1) is 0 Å². The number of fused-ring (bicyclic) bond motifs is 3. The van der Waals surface area contributed by atoms with Crippen LogP contribution in [0, 0.1) is 0 Å². The van der Waals surface area contributed by atoms with Gasteiger partial charge in [0, 0.05) is 5.69 Å². The number of ether oxygens (including phenoxy) is 1. The van der Waals surface area contributed by atoms with Crippen LogP contribution in [0.15, 0.2) is 72.8 Å². The Hall–Kier alpha value is -3.64. The average Bonchev–Trinajstić information content (AvgIpc) is 3.12. The number of aliphatic hydroxyl groups excluding tert-OH is 1. The molecule has 0 aromatic heterocycles. The van der Waals surface area contributed by atoms with Crippen molar-refractivity contribution in [3.05, 3.63) is 83.9 Å². The maximum Gasteiger partial charge on any atom is 0.249 e. The third-order valence-corrected chi connectivity index (χ3v) is 5.27. The molecule has 0 saturated carbocycles. The van der Waals surface area contributed by atoms with Crippen molar-refractivity contribution in [1.29, 1.82) is 0 Å². The van der Waals surface area contributed by atoms with Crippen LogP contribution in [0.2, 0.25) is 0 Å². The average molecular weight is 402 g/mol. The van der Waals surface area contributed by atoms with E-state index in [0.29, 0.717) is 11.4 Å². The number of anilines is 1. The molecule has 1 atom stereocenters. The Labute approximate surface area is 174 Å². The molecule has 30 heavy (non-hydrogen) atoms. The molecule has 0 saturated heterocycles. The molecule has 0 fully saturated rings. The fourth-order valence-corrected chi connectivity index (χ4v) is 3.79. The van der Waals surface area contributed by atoms with Gasteiger partial charge in [-0.2, -0.15) is 0 Å². The molecule has 6 nitrogen and oxygen atoms in total. The van der Waals surface area contributed by atoms with Crippen LogP contribution in [0.1, 0.15) is 17.0 Å². The second-order valence-corrected chi connectivity index (χ2v) is 7.07. The highest BCUT2D eigenvalue weighted by Gasteiger charge is 2.35. The summed E-state index contributed by atoms with van der Waals surface area (Å²) in [5.41, 5.74) is 4.35. The van der Waals surface area contributed by atoms with E-state index < -0.39 is 24.5 Å². The van der Waals surface area contributed by atoms with Crippen LogP contribution < -0.4 is 15.4 Å². The maximum absolute atomic E-state index is 13.2. The van der Waals surface area contributed by atoms with Crippen molar-refractivity contribution in [2.75, 3.05) is 19.0 Å². The predicted octanol–water partition coefficient (Wildman–Crippen LogP) is 2.92. The minimum absolute atomic E-state index is 0.323. The summed E-state index contributed by atoms with van der Waals surface area (Å²) in [4.78, 5) is 25.8. The van der Waals surface area contributed by atoms with Crippen molar-refractivity contribution in [3.8, 4) is 16.9 Å². The standard InChI is InChI=1S/C24H22N2O4/c1-30-16-12-10-15(11-13-16)25-23(28)21(14-27)26-24(29)22-19-8-4-2-6-17(19)18-7-3-5-9-20(18)22/h2-13,21-22,27H,14H2,1H3,(H,25,28)(H,26,29)/t21-/m0/s1. The Bertz CT molecular complexity index is 1030. The first-order valence-corrected chi connectivity index (χ1v) is 9.66. The molecule has 152 valence electrons. The second kappa shape index (κ2) is 8.39. The van der Waals surface area contributed by atoms with Crippen LogP contribution >= 0.6 is 0 Å². The Morgan fingerprint density at radius 2 is 1.50 bits per heavy atom. The van der Waals surface area contributed by atoms with Gasteiger partial charge in [0.05, 0.1) is 19.6 Å². The summed E-state index contributed by atoms with van der Waals surface area (Å²) >= 11 is 0. The van der Waals surface area contributed by atoms with Crippen LogP contribution in [0.3, 0.4) is 0 Å². The highest BCUT2D eigenvalue weighted by atomic mass is 16.5. The molecular weight excluding hydrogens is 380 g/mol. The van der Waals surface area contributed by atoms with Crippen molar-refractivity contribution in [2.45, 2.75) is 12.0 Å². The van der Waals surface area contributed by atoms with Crippen LogP contribution in [0.25, 0.3) is 11.1 Å². The molecule has 0 spiro atoms. The van der Waals surface area contributed by atoms with E-state index >= 15 is 0 Å². The Morgan fingerprint density at radius 1 is 0.933 bits per heavy atom. The number of aliphatic hydroxyl groups is 1. The Balaban J connectivity index is 1.52. The number of nitrogens with one attached hydrogen (secondary N) is 2. The molecule has 1 aliphatic carbocycles. The highest BCUT2D eigenvalue weighted by molar-refractivity contribution is 6.01. The molecule has 3 N–H and O–H groups in total. The summed E-state index contributed by atoms with van der Waals surface area (Å²) in [7, 11) is 1.56. The number of rotatable bonds is 6. The first-order chi connectivity index (χ1) is 14.6. The van der Waals surface area contributed by atoms with E-state index in [-0.39, 0.29) is 5.91 Å². The summed E-state index contributed by atoms with van der Waals surface area (Å²) in [6, 6.07) is 21.2. The van der Waals surface area contributed by atoms with E-state index in [1.54, 1.807) is 31.4 Å². The molecule has 3 aromatic carbocycles. The molecule has 4 rings (SSSR count). The molecule has 0 bridgehead atoms. The lowest BCUT2D eigenvalue weighted by Gasteiger charge is -2.20. The lowest BCUT2D eigenvalue weighted by Crippen LogP contribution is -2.47. The first-order valence-electron chi connectivity index (χ1n) is 9.66. The molecule has 0 heterocycles. The SMILES string of the molecule is COc1ccc(NC(=O)[C@H](CO)NC(=O)C2c3ccccc3-c3ccccc32)cc1. The van der Waals surface area contributed by atoms with Crippen LogP contribution in [-0.2, 0) is 9.59 Å². The van der Waals surface area contributed by atoms with Crippen LogP contribution in [-0.4, -0.2) is 36.7 Å². The lowest BCUT2D eigenvalue weighted by atomic mass is 9.95. The largest absolute Gasteiger partial charge is 0.497 e. The third kappa shape index (κ3) is 3.65. The van der Waals surface area contributed by atoms with Crippen molar-refractivity contribution in [1.82, 2.24) is 5.32 Å². The predicted molar refractivity (Wildman–Crippen MR) is 114 cm³/mol. The number of carbonyl (C=O) groups is 2. The number of carbonyl (C=O) groups excluding carboxylic acids is 2. The Kier molecular flexibility index (Phi) is 5.50. The number of amides is 2. The number of hydrogen-bond donors (Lipinski definition) is 3. The molecule has 0 aliphatic heterocycles. The van der Waals surface area contributed by atoms with E-state index in [9.17, 15) is 14.7 Å². The van der Waals surface area contributed by atoms with Crippen molar-refractivity contribution in [2.24, 2.45) is 0 Å². The molecule has 0 radical (unpaired) electrons. The van der Waals surface area contributed by atoms with Gasteiger partial charge in [0.2, 0.25) is 11.8 Å². The monoisotopic (exact) mass is 402 g/mol. The first kappa shape index (κ1) is 19.7. The summed E-state index contributed by atoms with van der Waals surface area (Å²) < 4.78 is 5.10. The molecule has 0 unspecified atom stereocenters. The van der Waals surface area contributed by atoms with E-state index in [0.717, 1.165) is 22.3 Å². The molecule has 3 aromatic rings. The molecule has 2 amide bonds. The van der Waals surface area contributed by atoms with Crippen molar-refractivity contribution in [3.63, 3.8) is 0 Å². The summed E-state index contributed by atoms with van der Waals surface area (Å²) in [5.74, 6) is -0.675. The summed E-state index contributed by atoms with van der Waals surface area (Å²) in [6.07, 6.45) is 0. The van der Waals surface area contributed by atoms with Gasteiger partial charge in [-0.25, -0.2) is 0 Å². The van der Waals surface area contributed by atoms with Gasteiger partial charge in [0.15, 0.2) is 0 Å². The van der Waals surface area contributed by atoms with E-state index in [1.165, 1.54) is 0 Å². The van der Waals surface area contributed by atoms with Gasteiger partial charge in [-0.3, -0.25) is 9.59 Å². The van der Waals surface area contributed by atoms with Crippen molar-refractivity contribution >= 4 is 17.5 Å². The second-order valence-electron chi connectivity index (χ2n) is 7.07. The van der Waals surface area contributed by atoms with E-state index in [4.69, 9.17) is 4.74 Å². The summed E-state index contributed by atoms with van der Waals surface area (Å²) in [5, 5.41) is 15.2. The maximum atomic E-state index is 13.2. The number of benzene rings is 3. The zero-order chi connectivity index (χ0) is 21.1. The van der Waals surface area contributed by atoms with E-state index in [1.807, 2.05) is 48.5 Å². The van der Waals surface area contributed by atoms with Crippen LogP contribution in [0.4, 0.5) is 5.69 Å². The van der Waals surface area contributed by atoms with Crippen LogP contribution in [0.5, 0.6) is 5.75 Å². The smallest absolute Gasteiger partial charge is 0.249 e. The molecule has 1 aliphatic rings. The van der Waals surface area contributed by atoms with Gasteiger partial charge < -0.3 is 20.5 Å². The van der Waals surface area contributed by atoms with Gasteiger partial charge in [-0.1, -0.05) is 48.5 Å². The van der Waals surface area contributed by atoms with Gasteiger partial charge in [0.1, 0.15) is 11.8 Å². The quantitative estimate of drug-likeness (QED) is 0.592. The minimum Gasteiger partial charge on any atom is -0.497 e. The normalized spacial score (nSPS) is 13.1. The fraction of sp³-hybridized carbons (Fsp3) is 0.167. The Morgan fingerprint density at radius 3 is 2.03 bits per heavy atom. The number of methoxy groups -OCH3 is 1. The van der Waals surface area contributed by atoms with E-state index in [2.05, 4.69) is 10.6 Å². The summed E-state index contributed by atoms with van der Waals surface area (Å²) in [6.45, 7) is -0.510. The topological polar surface area (TPSA) is 87.7 Å².